The summed E-state index contributed by atoms with van der Waals surface area (Å²) in [4.78, 5) is 0. The molecule has 1 aliphatic carbocycles. The molecule has 1 saturated carbocycles. The number of hydrogen-bond donors (Lipinski definition) is 0. The zero-order valence-corrected chi connectivity index (χ0v) is 18.8. The van der Waals surface area contributed by atoms with Crippen molar-refractivity contribution in [3.63, 3.8) is 0 Å². The quantitative estimate of drug-likeness (QED) is 0.452. The number of hydrogen-bond acceptors (Lipinski definition) is 0. The summed E-state index contributed by atoms with van der Waals surface area (Å²) in [5, 5.41) is 0. The molecule has 1 atom stereocenters. The molecule has 0 spiro atoms. The number of aryl methyl sites for hydroxylation is 1. The van der Waals surface area contributed by atoms with Crippen molar-refractivity contribution in [3.8, 4) is 11.1 Å². The highest BCUT2D eigenvalue weighted by Gasteiger charge is 2.19. The summed E-state index contributed by atoms with van der Waals surface area (Å²) < 4.78 is 0. The van der Waals surface area contributed by atoms with E-state index in [1.54, 1.807) is 5.56 Å². The van der Waals surface area contributed by atoms with Crippen LogP contribution >= 0.6 is 0 Å². The van der Waals surface area contributed by atoms with Crippen molar-refractivity contribution in [2.75, 3.05) is 0 Å². The van der Waals surface area contributed by atoms with Gasteiger partial charge < -0.3 is 0 Å². The van der Waals surface area contributed by atoms with Gasteiger partial charge in [-0.3, -0.25) is 0 Å². The maximum atomic E-state index is 2.44. The average Bonchev–Trinajstić information content (AvgIpc) is 2.69. The predicted octanol–water partition coefficient (Wildman–Crippen LogP) is 8.89. The third-order valence-electron chi connectivity index (χ3n) is 7.02. The highest BCUT2D eigenvalue weighted by atomic mass is 14.2. The van der Waals surface area contributed by atoms with Crippen LogP contribution in [0.4, 0.5) is 0 Å². The van der Waals surface area contributed by atoms with Crippen molar-refractivity contribution in [1.29, 1.82) is 0 Å². The Balaban J connectivity index is 1.73. The minimum absolute atomic E-state index is 0.700. The molecule has 0 aliphatic heterocycles. The molecule has 1 aliphatic rings. The Morgan fingerprint density at radius 1 is 0.893 bits per heavy atom. The molecule has 0 saturated heterocycles. The molecule has 2 aromatic rings. The molecule has 3 rings (SSSR count). The smallest absolute Gasteiger partial charge is 0.0155 e. The first-order chi connectivity index (χ1) is 13.5. The minimum Gasteiger partial charge on any atom is -0.0648 e. The lowest BCUT2D eigenvalue weighted by molar-refractivity contribution is 0.348. The lowest BCUT2D eigenvalue weighted by Gasteiger charge is -2.26. The highest BCUT2D eigenvalue weighted by Crippen LogP contribution is 2.37. The third-order valence-corrected chi connectivity index (χ3v) is 7.02. The summed E-state index contributed by atoms with van der Waals surface area (Å²) >= 11 is 0. The van der Waals surface area contributed by atoms with Crippen molar-refractivity contribution in [2.24, 2.45) is 11.8 Å². The maximum absolute atomic E-state index is 2.44. The lowest BCUT2D eigenvalue weighted by Crippen LogP contribution is -2.10. The molecule has 0 nitrogen and oxygen atoms in total. The van der Waals surface area contributed by atoms with Crippen LogP contribution in [0, 0.1) is 18.8 Å². The van der Waals surface area contributed by atoms with Crippen molar-refractivity contribution in [1.82, 2.24) is 0 Å². The van der Waals surface area contributed by atoms with Gasteiger partial charge in [0, 0.05) is 0 Å². The molecular formula is C28H40. The van der Waals surface area contributed by atoms with E-state index >= 15 is 0 Å². The first kappa shape index (κ1) is 21.2. The van der Waals surface area contributed by atoms with E-state index in [0.29, 0.717) is 5.92 Å². The Kier molecular flexibility index (Phi) is 7.38. The zero-order valence-electron chi connectivity index (χ0n) is 18.8. The van der Waals surface area contributed by atoms with Crippen molar-refractivity contribution >= 4 is 0 Å². The third kappa shape index (κ3) is 5.28. The largest absolute Gasteiger partial charge is 0.0648 e. The molecule has 0 amide bonds. The van der Waals surface area contributed by atoms with Gasteiger partial charge in [-0.1, -0.05) is 89.4 Å². The molecular weight excluding hydrogens is 336 g/mol. The van der Waals surface area contributed by atoms with Gasteiger partial charge in [0.2, 0.25) is 0 Å². The summed E-state index contributed by atoms with van der Waals surface area (Å²) in [6.07, 6.45) is 9.37. The first-order valence-electron chi connectivity index (χ1n) is 11.7. The minimum atomic E-state index is 0.700. The van der Waals surface area contributed by atoms with Crippen LogP contribution in [0.15, 0.2) is 42.5 Å². The van der Waals surface area contributed by atoms with Crippen LogP contribution in [0.5, 0.6) is 0 Å². The van der Waals surface area contributed by atoms with E-state index in [1.165, 1.54) is 67.2 Å². The van der Waals surface area contributed by atoms with E-state index in [0.717, 1.165) is 17.8 Å². The van der Waals surface area contributed by atoms with Crippen molar-refractivity contribution in [3.05, 3.63) is 59.2 Å². The lowest BCUT2D eigenvalue weighted by atomic mass is 9.79. The first-order valence-corrected chi connectivity index (χ1v) is 11.7. The molecule has 0 radical (unpaired) electrons. The predicted molar refractivity (Wildman–Crippen MR) is 124 cm³/mol. The second-order valence-corrected chi connectivity index (χ2v) is 9.73. The van der Waals surface area contributed by atoms with E-state index in [9.17, 15) is 0 Å². The molecule has 28 heavy (non-hydrogen) atoms. The summed E-state index contributed by atoms with van der Waals surface area (Å²) in [7, 11) is 0. The van der Waals surface area contributed by atoms with Gasteiger partial charge >= 0.3 is 0 Å². The average molecular weight is 377 g/mol. The van der Waals surface area contributed by atoms with Crippen LogP contribution < -0.4 is 0 Å². The second kappa shape index (κ2) is 9.77. The van der Waals surface area contributed by atoms with Gasteiger partial charge in [-0.2, -0.15) is 0 Å². The molecule has 0 heterocycles. The summed E-state index contributed by atoms with van der Waals surface area (Å²) in [5.41, 5.74) is 7.25. The van der Waals surface area contributed by atoms with E-state index in [1.807, 2.05) is 0 Å². The molecule has 1 unspecified atom stereocenters. The fourth-order valence-corrected chi connectivity index (χ4v) is 4.93. The number of rotatable bonds is 7. The number of benzene rings is 2. The molecule has 2 aromatic carbocycles. The van der Waals surface area contributed by atoms with Crippen molar-refractivity contribution in [2.45, 2.75) is 91.4 Å². The van der Waals surface area contributed by atoms with Crippen LogP contribution in [0.1, 0.15) is 101 Å². The molecule has 1 fully saturated rings. The van der Waals surface area contributed by atoms with Gasteiger partial charge in [0.1, 0.15) is 0 Å². The topological polar surface area (TPSA) is 0 Å². The van der Waals surface area contributed by atoms with E-state index in [4.69, 9.17) is 0 Å². The van der Waals surface area contributed by atoms with Crippen LogP contribution in [0.25, 0.3) is 11.1 Å². The normalized spacial score (nSPS) is 21.1. The van der Waals surface area contributed by atoms with Crippen LogP contribution in [-0.2, 0) is 0 Å². The molecule has 0 N–H and O–H groups in total. The van der Waals surface area contributed by atoms with Gasteiger partial charge in [-0.05, 0) is 84.1 Å². The monoisotopic (exact) mass is 376 g/mol. The summed E-state index contributed by atoms with van der Waals surface area (Å²) in [6.45, 7) is 11.7. The molecule has 0 heteroatoms. The SMILES string of the molecule is CCC(CCC(C)C)c1ccc(-c2ccc(C3CCC(C)CC3)cc2)c(C)c1. The van der Waals surface area contributed by atoms with Gasteiger partial charge in [0.15, 0.2) is 0 Å². The van der Waals surface area contributed by atoms with E-state index < -0.39 is 0 Å². The highest BCUT2D eigenvalue weighted by molar-refractivity contribution is 5.68. The Labute approximate surface area is 173 Å². The van der Waals surface area contributed by atoms with Gasteiger partial charge in [-0.25, -0.2) is 0 Å². The van der Waals surface area contributed by atoms with Crippen LogP contribution in [0.3, 0.4) is 0 Å². The van der Waals surface area contributed by atoms with Gasteiger partial charge in [-0.15, -0.1) is 0 Å². The summed E-state index contributed by atoms with van der Waals surface area (Å²) in [6, 6.07) is 16.7. The molecule has 0 aromatic heterocycles. The zero-order chi connectivity index (χ0) is 20.1. The maximum Gasteiger partial charge on any atom is -0.0155 e. The summed E-state index contributed by atoms with van der Waals surface area (Å²) in [5.74, 6) is 3.19. The fraction of sp³-hybridized carbons (Fsp3) is 0.571. The Hall–Kier alpha value is -1.56. The molecule has 152 valence electrons. The Bertz CT molecular complexity index is 729. The van der Waals surface area contributed by atoms with E-state index in [-0.39, 0.29) is 0 Å². The van der Waals surface area contributed by atoms with Gasteiger partial charge in [0.05, 0.1) is 0 Å². The van der Waals surface area contributed by atoms with E-state index in [2.05, 4.69) is 77.1 Å². The standard InChI is InChI=1S/C28H40/c1-6-23(10-7-20(2)3)27-17-18-28(22(5)19-27)26-15-13-25(14-16-26)24-11-8-21(4)9-12-24/h13-21,23-24H,6-12H2,1-5H3. The fourth-order valence-electron chi connectivity index (χ4n) is 4.93. The van der Waals surface area contributed by atoms with Gasteiger partial charge in [0.25, 0.3) is 0 Å². The second-order valence-electron chi connectivity index (χ2n) is 9.73. The van der Waals surface area contributed by atoms with Crippen LogP contribution in [0.2, 0.25) is 0 Å². The van der Waals surface area contributed by atoms with Crippen molar-refractivity contribution < 1.29 is 0 Å². The van der Waals surface area contributed by atoms with Crippen LogP contribution in [-0.4, -0.2) is 0 Å². The molecule has 0 bridgehead atoms. The Morgan fingerprint density at radius 2 is 1.57 bits per heavy atom. The Morgan fingerprint density at radius 3 is 2.14 bits per heavy atom.